The summed E-state index contributed by atoms with van der Waals surface area (Å²) in [4.78, 5) is 22.6. The molecule has 1 N–H and O–H groups in total. The van der Waals surface area contributed by atoms with Crippen LogP contribution in [-0.4, -0.2) is 46.7 Å². The Morgan fingerprint density at radius 3 is 2.24 bits per heavy atom. The van der Waals surface area contributed by atoms with Crippen molar-refractivity contribution in [1.82, 2.24) is 24.9 Å². The first-order valence-electron chi connectivity index (χ1n) is 10.1. The molecule has 0 saturated heterocycles. The lowest BCUT2D eigenvalue weighted by molar-refractivity contribution is 0.394. The van der Waals surface area contributed by atoms with E-state index in [-0.39, 0.29) is 5.82 Å². The molecule has 0 aliphatic heterocycles. The molecule has 0 saturated carbocycles. The van der Waals surface area contributed by atoms with E-state index in [0.29, 0.717) is 23.1 Å². The van der Waals surface area contributed by atoms with Crippen LogP contribution in [0.1, 0.15) is 34.6 Å². The maximum atomic E-state index is 11.8. The van der Waals surface area contributed by atoms with E-state index >= 15 is 0 Å². The summed E-state index contributed by atoms with van der Waals surface area (Å²) in [7, 11) is -1.95. The van der Waals surface area contributed by atoms with Crippen molar-refractivity contribution >= 4 is 15.8 Å². The van der Waals surface area contributed by atoms with E-state index < -0.39 is 21.9 Å². The molecular weight excluding hydrogens is 440 g/mol. The Hall–Kier alpha value is -3.92. The standard InChI is InChI=1S/C23H22N6O3S/c1-32-20-11-4-9-18(28-20)22(17-8-3-10-19(27-17)29-33(2,30)31)21(16-7-5-12-24-15-16)23-25-13-6-14-26-23/h3-15,21-22H,1-2H3,(H,27,29). The van der Waals surface area contributed by atoms with Crippen LogP contribution in [0.25, 0.3) is 0 Å². The van der Waals surface area contributed by atoms with Gasteiger partial charge in [0, 0.05) is 30.9 Å². The molecule has 9 nitrogen and oxygen atoms in total. The highest BCUT2D eigenvalue weighted by Gasteiger charge is 2.33. The largest absolute Gasteiger partial charge is 0.481 e. The molecule has 168 valence electrons. The van der Waals surface area contributed by atoms with Gasteiger partial charge in [0.2, 0.25) is 15.9 Å². The SMILES string of the molecule is COc1cccc(C(c2cccc(NS(C)(=O)=O)n2)C(c2cccnc2)c2ncccn2)n1. The van der Waals surface area contributed by atoms with Gasteiger partial charge in [0.25, 0.3) is 0 Å². The average molecular weight is 463 g/mol. The maximum Gasteiger partial charge on any atom is 0.230 e. The zero-order valence-electron chi connectivity index (χ0n) is 18.0. The molecule has 4 heterocycles. The van der Waals surface area contributed by atoms with Crippen molar-refractivity contribution < 1.29 is 13.2 Å². The minimum absolute atomic E-state index is 0.210. The topological polar surface area (TPSA) is 120 Å². The fraction of sp³-hybridized carbons (Fsp3) is 0.174. The van der Waals surface area contributed by atoms with E-state index in [1.807, 2.05) is 30.3 Å². The van der Waals surface area contributed by atoms with Crippen LogP contribution in [0.15, 0.2) is 79.4 Å². The van der Waals surface area contributed by atoms with Crippen molar-refractivity contribution in [2.45, 2.75) is 11.8 Å². The normalized spacial score (nSPS) is 13.2. The van der Waals surface area contributed by atoms with Gasteiger partial charge in [-0.25, -0.2) is 28.4 Å². The first kappa shape index (κ1) is 22.3. The van der Waals surface area contributed by atoms with E-state index in [1.54, 1.807) is 56.2 Å². The number of pyridine rings is 3. The molecule has 0 aromatic carbocycles. The second kappa shape index (κ2) is 9.70. The molecule has 33 heavy (non-hydrogen) atoms. The minimum atomic E-state index is -3.50. The number of hydrogen-bond acceptors (Lipinski definition) is 8. The lowest BCUT2D eigenvalue weighted by atomic mass is 9.81. The first-order valence-corrected chi connectivity index (χ1v) is 12.0. The third-order valence-electron chi connectivity index (χ3n) is 4.89. The number of anilines is 1. The summed E-state index contributed by atoms with van der Waals surface area (Å²) in [6.45, 7) is 0. The van der Waals surface area contributed by atoms with Gasteiger partial charge < -0.3 is 4.74 Å². The van der Waals surface area contributed by atoms with Gasteiger partial charge in [-0.05, 0) is 35.9 Å². The van der Waals surface area contributed by atoms with E-state index in [9.17, 15) is 8.42 Å². The predicted octanol–water partition coefficient (Wildman–Crippen LogP) is 3.01. The number of sulfonamides is 1. The number of nitrogens with zero attached hydrogens (tertiary/aromatic N) is 5. The molecule has 4 aromatic rings. The molecule has 2 unspecified atom stereocenters. The van der Waals surface area contributed by atoms with Crippen LogP contribution in [0, 0.1) is 0 Å². The zero-order valence-corrected chi connectivity index (χ0v) is 18.8. The summed E-state index contributed by atoms with van der Waals surface area (Å²) in [5.74, 6) is 0.348. The lowest BCUT2D eigenvalue weighted by Gasteiger charge is -2.26. The van der Waals surface area contributed by atoms with Gasteiger partial charge in [0.05, 0.1) is 36.6 Å². The highest BCUT2D eigenvalue weighted by molar-refractivity contribution is 7.92. The molecule has 0 radical (unpaired) electrons. The van der Waals surface area contributed by atoms with E-state index in [0.717, 1.165) is 11.8 Å². The number of ether oxygens (including phenoxy) is 1. The molecule has 10 heteroatoms. The molecule has 0 aliphatic rings. The zero-order chi connectivity index (χ0) is 23.3. The van der Waals surface area contributed by atoms with Crippen molar-refractivity contribution in [2.24, 2.45) is 0 Å². The Labute approximate surface area is 192 Å². The van der Waals surface area contributed by atoms with Gasteiger partial charge in [-0.1, -0.05) is 18.2 Å². The molecule has 0 bridgehead atoms. The number of methoxy groups -OCH3 is 1. The summed E-state index contributed by atoms with van der Waals surface area (Å²) in [5, 5.41) is 0. The Bertz CT molecular complexity index is 1280. The fourth-order valence-corrected chi connectivity index (χ4v) is 4.10. The Kier molecular flexibility index (Phi) is 6.55. The highest BCUT2D eigenvalue weighted by Crippen LogP contribution is 2.40. The molecule has 4 aromatic heterocycles. The van der Waals surface area contributed by atoms with Crippen LogP contribution in [0.2, 0.25) is 0 Å². The number of hydrogen-bond donors (Lipinski definition) is 1. The summed E-state index contributed by atoms with van der Waals surface area (Å²) in [5.41, 5.74) is 2.12. The highest BCUT2D eigenvalue weighted by atomic mass is 32.2. The van der Waals surface area contributed by atoms with Gasteiger partial charge in [-0.3, -0.25) is 9.71 Å². The van der Waals surface area contributed by atoms with Crippen LogP contribution in [0.3, 0.4) is 0 Å². The molecule has 0 fully saturated rings. The summed E-state index contributed by atoms with van der Waals surface area (Å²) >= 11 is 0. The summed E-state index contributed by atoms with van der Waals surface area (Å²) in [6.07, 6.45) is 7.89. The van der Waals surface area contributed by atoms with E-state index in [1.165, 1.54) is 0 Å². The predicted molar refractivity (Wildman–Crippen MR) is 123 cm³/mol. The van der Waals surface area contributed by atoms with Crippen molar-refractivity contribution in [1.29, 1.82) is 0 Å². The molecule has 0 spiro atoms. The number of rotatable bonds is 8. The molecule has 0 amide bonds. The average Bonchev–Trinajstić information content (AvgIpc) is 2.82. The minimum Gasteiger partial charge on any atom is -0.481 e. The van der Waals surface area contributed by atoms with Gasteiger partial charge in [0.15, 0.2) is 0 Å². The van der Waals surface area contributed by atoms with Gasteiger partial charge in [-0.2, -0.15) is 0 Å². The van der Waals surface area contributed by atoms with Crippen molar-refractivity contribution in [3.8, 4) is 5.88 Å². The second-order valence-electron chi connectivity index (χ2n) is 7.28. The Morgan fingerprint density at radius 1 is 0.848 bits per heavy atom. The van der Waals surface area contributed by atoms with Crippen LogP contribution in [0.4, 0.5) is 5.82 Å². The number of aromatic nitrogens is 5. The third-order valence-corrected chi connectivity index (χ3v) is 5.47. The number of nitrogens with one attached hydrogen (secondary N) is 1. The van der Waals surface area contributed by atoms with Crippen LogP contribution in [0.5, 0.6) is 5.88 Å². The smallest absolute Gasteiger partial charge is 0.230 e. The molecule has 2 atom stereocenters. The molecule has 0 aliphatic carbocycles. The van der Waals surface area contributed by atoms with Crippen LogP contribution < -0.4 is 9.46 Å². The van der Waals surface area contributed by atoms with Crippen molar-refractivity contribution in [3.05, 3.63) is 102 Å². The molecule has 4 rings (SSSR count). The van der Waals surface area contributed by atoms with E-state index in [4.69, 9.17) is 4.74 Å². The van der Waals surface area contributed by atoms with Gasteiger partial charge in [0.1, 0.15) is 11.6 Å². The van der Waals surface area contributed by atoms with Gasteiger partial charge >= 0.3 is 0 Å². The monoisotopic (exact) mass is 462 g/mol. The quantitative estimate of drug-likeness (QED) is 0.424. The Morgan fingerprint density at radius 2 is 1.58 bits per heavy atom. The first-order chi connectivity index (χ1) is 15.9. The fourth-order valence-electron chi connectivity index (χ4n) is 3.60. The van der Waals surface area contributed by atoms with Crippen LogP contribution >= 0.6 is 0 Å². The summed E-state index contributed by atoms with van der Waals surface area (Å²) in [6, 6.07) is 16.2. The lowest BCUT2D eigenvalue weighted by Crippen LogP contribution is -2.20. The van der Waals surface area contributed by atoms with Crippen molar-refractivity contribution in [3.63, 3.8) is 0 Å². The molecular formula is C23H22N6O3S. The second-order valence-corrected chi connectivity index (χ2v) is 9.02. The van der Waals surface area contributed by atoms with Crippen molar-refractivity contribution in [2.75, 3.05) is 18.1 Å². The van der Waals surface area contributed by atoms with Crippen LogP contribution in [-0.2, 0) is 10.0 Å². The Balaban J connectivity index is 1.94. The summed E-state index contributed by atoms with van der Waals surface area (Å²) < 4.78 is 31.4. The van der Waals surface area contributed by atoms with Gasteiger partial charge in [-0.15, -0.1) is 0 Å². The van der Waals surface area contributed by atoms with E-state index in [2.05, 4.69) is 29.6 Å². The third kappa shape index (κ3) is 5.47. The maximum absolute atomic E-state index is 11.8.